The van der Waals surface area contributed by atoms with Gasteiger partial charge in [-0.15, -0.1) is 0 Å². The summed E-state index contributed by atoms with van der Waals surface area (Å²) in [6.07, 6.45) is 0.900. The van der Waals surface area contributed by atoms with Crippen LogP contribution in [0.4, 0.5) is 11.4 Å². The Morgan fingerprint density at radius 1 is 1.08 bits per heavy atom. The number of rotatable bonds is 4. The first-order chi connectivity index (χ1) is 11.6. The molecule has 0 atom stereocenters. The molecule has 0 saturated heterocycles. The number of para-hydroxylation sites is 3. The van der Waals surface area contributed by atoms with Crippen molar-refractivity contribution in [3.05, 3.63) is 54.1 Å². The van der Waals surface area contributed by atoms with E-state index in [9.17, 15) is 9.59 Å². The highest BCUT2D eigenvalue weighted by atomic mass is 16.5. The van der Waals surface area contributed by atoms with E-state index in [-0.39, 0.29) is 18.4 Å². The van der Waals surface area contributed by atoms with Crippen LogP contribution in [0.15, 0.2) is 48.5 Å². The average Bonchev–Trinajstić information content (AvgIpc) is 2.63. The summed E-state index contributed by atoms with van der Waals surface area (Å²) in [5.41, 5.74) is 2.53. The van der Waals surface area contributed by atoms with Gasteiger partial charge in [-0.3, -0.25) is 9.59 Å². The highest BCUT2D eigenvalue weighted by Gasteiger charge is 2.29. The second-order valence-electron chi connectivity index (χ2n) is 5.73. The van der Waals surface area contributed by atoms with Crippen molar-refractivity contribution < 1.29 is 14.3 Å². The quantitative estimate of drug-likeness (QED) is 0.869. The fourth-order valence-corrected chi connectivity index (χ4v) is 2.95. The second-order valence-corrected chi connectivity index (χ2v) is 5.73. The second kappa shape index (κ2) is 6.74. The van der Waals surface area contributed by atoms with E-state index in [4.69, 9.17) is 4.74 Å². The zero-order valence-electron chi connectivity index (χ0n) is 13.9. The molecule has 1 aliphatic rings. The lowest BCUT2D eigenvalue weighted by molar-refractivity contribution is -0.122. The maximum Gasteiger partial charge on any atom is 0.246 e. The van der Waals surface area contributed by atoms with Crippen molar-refractivity contribution in [1.29, 1.82) is 0 Å². The van der Waals surface area contributed by atoms with E-state index in [0.717, 1.165) is 22.7 Å². The number of methoxy groups -OCH3 is 1. The Hall–Kier alpha value is -2.82. The van der Waals surface area contributed by atoms with Crippen LogP contribution in [0, 0.1) is 0 Å². The van der Waals surface area contributed by atoms with Gasteiger partial charge in [0.1, 0.15) is 12.3 Å². The van der Waals surface area contributed by atoms with Crippen LogP contribution in [0.5, 0.6) is 5.75 Å². The number of carbonyl (C=O) groups is 2. The number of benzene rings is 2. The molecule has 0 fully saturated rings. The van der Waals surface area contributed by atoms with Gasteiger partial charge in [0, 0.05) is 13.5 Å². The largest absolute Gasteiger partial charge is 0.496 e. The van der Waals surface area contributed by atoms with Gasteiger partial charge in [-0.2, -0.15) is 0 Å². The molecule has 0 unspecified atom stereocenters. The predicted molar refractivity (Wildman–Crippen MR) is 93.5 cm³/mol. The molecule has 2 aromatic rings. The van der Waals surface area contributed by atoms with Crippen molar-refractivity contribution in [3.63, 3.8) is 0 Å². The van der Waals surface area contributed by atoms with Crippen molar-refractivity contribution in [3.8, 4) is 5.75 Å². The Bertz CT molecular complexity index is 773. The summed E-state index contributed by atoms with van der Waals surface area (Å²) in [6.45, 7) is 0.0816. The molecule has 1 aliphatic heterocycles. The van der Waals surface area contributed by atoms with Crippen LogP contribution in [0.2, 0.25) is 0 Å². The van der Waals surface area contributed by atoms with Crippen molar-refractivity contribution in [2.75, 3.05) is 30.5 Å². The van der Waals surface area contributed by atoms with Crippen LogP contribution < -0.4 is 14.5 Å². The highest BCUT2D eigenvalue weighted by molar-refractivity contribution is 6.10. The number of hydrogen-bond acceptors (Lipinski definition) is 3. The standard InChI is InChI=1S/C19H20N2O3/c1-20-15-8-4-5-9-16(15)21(13-19(20)23)18(22)12-11-14-7-3-6-10-17(14)24-2/h3-10H,11-13H2,1-2H3. The van der Waals surface area contributed by atoms with Crippen LogP contribution >= 0.6 is 0 Å². The van der Waals surface area contributed by atoms with Crippen LogP contribution in [0.3, 0.4) is 0 Å². The van der Waals surface area contributed by atoms with E-state index >= 15 is 0 Å². The van der Waals surface area contributed by atoms with E-state index in [1.165, 1.54) is 0 Å². The number of amides is 2. The molecular weight excluding hydrogens is 304 g/mol. The zero-order chi connectivity index (χ0) is 17.1. The molecule has 0 aliphatic carbocycles. The zero-order valence-corrected chi connectivity index (χ0v) is 13.9. The lowest BCUT2D eigenvalue weighted by Crippen LogP contribution is -2.46. The topological polar surface area (TPSA) is 49.9 Å². The lowest BCUT2D eigenvalue weighted by atomic mass is 10.1. The molecule has 124 valence electrons. The smallest absolute Gasteiger partial charge is 0.246 e. The summed E-state index contributed by atoms with van der Waals surface area (Å²) < 4.78 is 5.32. The predicted octanol–water partition coefficient (Wildman–Crippen LogP) is 2.64. The fourth-order valence-electron chi connectivity index (χ4n) is 2.95. The number of nitrogens with zero attached hydrogens (tertiary/aromatic N) is 2. The van der Waals surface area contributed by atoms with Crippen molar-refractivity contribution in [2.24, 2.45) is 0 Å². The molecule has 0 spiro atoms. The van der Waals surface area contributed by atoms with Gasteiger partial charge in [-0.25, -0.2) is 0 Å². The summed E-state index contributed by atoms with van der Waals surface area (Å²) in [6, 6.07) is 15.1. The maximum atomic E-state index is 12.7. The van der Waals surface area contributed by atoms with Crippen LogP contribution in [0.25, 0.3) is 0 Å². The maximum absolute atomic E-state index is 12.7. The van der Waals surface area contributed by atoms with Gasteiger partial charge in [0.2, 0.25) is 11.8 Å². The first-order valence-electron chi connectivity index (χ1n) is 7.89. The van der Waals surface area contributed by atoms with Gasteiger partial charge in [-0.1, -0.05) is 30.3 Å². The molecule has 3 rings (SSSR count). The number of hydrogen-bond donors (Lipinski definition) is 0. The van der Waals surface area contributed by atoms with Gasteiger partial charge in [0.15, 0.2) is 0 Å². The van der Waals surface area contributed by atoms with Crippen molar-refractivity contribution >= 4 is 23.2 Å². The number of carbonyl (C=O) groups excluding carboxylic acids is 2. The molecular formula is C19H20N2O3. The molecule has 0 saturated carbocycles. The number of anilines is 2. The number of fused-ring (bicyclic) bond motifs is 1. The molecule has 0 radical (unpaired) electrons. The minimum absolute atomic E-state index is 0.0604. The summed E-state index contributed by atoms with van der Waals surface area (Å²) in [5, 5.41) is 0. The normalized spacial score (nSPS) is 13.7. The third kappa shape index (κ3) is 2.97. The Morgan fingerprint density at radius 3 is 2.50 bits per heavy atom. The first kappa shape index (κ1) is 16.1. The van der Waals surface area contributed by atoms with Gasteiger partial charge in [-0.05, 0) is 30.2 Å². The summed E-state index contributed by atoms with van der Waals surface area (Å²) in [5.74, 6) is 0.634. The minimum atomic E-state index is -0.0839. The Morgan fingerprint density at radius 2 is 1.75 bits per heavy atom. The summed E-state index contributed by atoms with van der Waals surface area (Å²) in [4.78, 5) is 28.0. The van der Waals surface area contributed by atoms with Crippen LogP contribution in [-0.2, 0) is 16.0 Å². The molecule has 0 N–H and O–H groups in total. The molecule has 2 amide bonds. The monoisotopic (exact) mass is 324 g/mol. The van der Waals surface area contributed by atoms with Gasteiger partial charge >= 0.3 is 0 Å². The Balaban J connectivity index is 1.78. The van der Waals surface area contributed by atoms with Gasteiger partial charge in [0.05, 0.1) is 18.5 Å². The number of likely N-dealkylation sites (N-methyl/N-ethyl adjacent to an activating group) is 1. The molecule has 0 aromatic heterocycles. The van der Waals surface area contributed by atoms with Crippen molar-refractivity contribution in [1.82, 2.24) is 0 Å². The highest BCUT2D eigenvalue weighted by Crippen LogP contribution is 2.33. The van der Waals surface area contributed by atoms with Gasteiger partial charge in [0.25, 0.3) is 0 Å². The van der Waals surface area contributed by atoms with Crippen LogP contribution in [-0.4, -0.2) is 32.5 Å². The van der Waals surface area contributed by atoms with Crippen LogP contribution in [0.1, 0.15) is 12.0 Å². The first-order valence-corrected chi connectivity index (χ1v) is 7.89. The third-order valence-electron chi connectivity index (χ3n) is 4.30. The van der Waals surface area contributed by atoms with E-state index < -0.39 is 0 Å². The molecule has 1 heterocycles. The van der Waals surface area contributed by atoms with E-state index in [2.05, 4.69) is 0 Å². The van der Waals surface area contributed by atoms with E-state index in [1.54, 1.807) is 24.0 Å². The minimum Gasteiger partial charge on any atom is -0.496 e. The molecule has 24 heavy (non-hydrogen) atoms. The summed E-state index contributed by atoms with van der Waals surface area (Å²) in [7, 11) is 3.36. The lowest BCUT2D eigenvalue weighted by Gasteiger charge is -2.34. The average molecular weight is 324 g/mol. The van der Waals surface area contributed by atoms with Gasteiger partial charge < -0.3 is 14.5 Å². The number of ether oxygens (including phenoxy) is 1. The Kier molecular flexibility index (Phi) is 4.51. The molecule has 2 aromatic carbocycles. The van der Waals surface area contributed by atoms with Crippen molar-refractivity contribution in [2.45, 2.75) is 12.8 Å². The Labute approximate surface area is 141 Å². The number of aryl methyl sites for hydroxylation is 1. The SMILES string of the molecule is COc1ccccc1CCC(=O)N1CC(=O)N(C)c2ccccc21. The molecule has 5 heteroatoms. The summed E-state index contributed by atoms with van der Waals surface area (Å²) >= 11 is 0. The third-order valence-corrected chi connectivity index (χ3v) is 4.30. The molecule has 5 nitrogen and oxygen atoms in total. The molecule has 0 bridgehead atoms. The fraction of sp³-hybridized carbons (Fsp3) is 0.263. The van der Waals surface area contributed by atoms with E-state index in [1.807, 2.05) is 48.5 Å². The van der Waals surface area contributed by atoms with E-state index in [0.29, 0.717) is 12.8 Å².